The van der Waals surface area contributed by atoms with Crippen LogP contribution in [0.15, 0.2) is 36.0 Å². The van der Waals surface area contributed by atoms with E-state index < -0.39 is 0 Å². The quantitative estimate of drug-likeness (QED) is 0.942. The normalized spacial score (nSPS) is 16.8. The molecule has 2 N–H and O–H groups in total. The van der Waals surface area contributed by atoms with Gasteiger partial charge in [0.2, 0.25) is 0 Å². The first-order valence-corrected chi connectivity index (χ1v) is 7.83. The molecule has 110 valence electrons. The second-order valence-corrected chi connectivity index (χ2v) is 5.97. The van der Waals surface area contributed by atoms with Crippen LogP contribution in [-0.4, -0.2) is 35.1 Å². The topological polar surface area (TPSA) is 68.4 Å². The lowest BCUT2D eigenvalue weighted by molar-refractivity contribution is -0.121. The average molecular weight is 303 g/mol. The van der Waals surface area contributed by atoms with Gasteiger partial charge in [0.25, 0.3) is 0 Å². The number of nitrogens with zero attached hydrogens (tertiary/aromatic N) is 2. The van der Waals surface area contributed by atoms with Gasteiger partial charge in [0.15, 0.2) is 0 Å². The summed E-state index contributed by atoms with van der Waals surface area (Å²) in [7, 11) is 0. The Balaban J connectivity index is 1.73. The van der Waals surface area contributed by atoms with Crippen LogP contribution in [0.2, 0.25) is 0 Å². The minimum atomic E-state index is -0.306. The van der Waals surface area contributed by atoms with E-state index in [1.807, 2.05) is 23.6 Å². The van der Waals surface area contributed by atoms with E-state index in [0.29, 0.717) is 18.0 Å². The number of carbonyl (C=O) groups excluding carboxylic acids is 1. The van der Waals surface area contributed by atoms with Gasteiger partial charge in [-0.2, -0.15) is 0 Å². The second-order valence-electron chi connectivity index (χ2n) is 5.05. The van der Waals surface area contributed by atoms with E-state index >= 15 is 0 Å². The summed E-state index contributed by atoms with van der Waals surface area (Å²) in [5.74, 6) is -0.306. The van der Waals surface area contributed by atoms with Gasteiger partial charge in [0.05, 0.1) is 0 Å². The fourth-order valence-corrected chi connectivity index (χ4v) is 3.13. The van der Waals surface area contributed by atoms with Gasteiger partial charge in [0.1, 0.15) is 4.88 Å². The van der Waals surface area contributed by atoms with Crippen molar-refractivity contribution in [2.45, 2.75) is 18.9 Å². The molecular formula is C15H17N3O2S. The van der Waals surface area contributed by atoms with E-state index in [-0.39, 0.29) is 12.0 Å². The first-order valence-electron chi connectivity index (χ1n) is 6.95. The number of hydrogen-bond donors (Lipinski definition) is 1. The summed E-state index contributed by atoms with van der Waals surface area (Å²) in [6, 6.07) is 5.93. The minimum Gasteiger partial charge on any atom is -0.363 e. The summed E-state index contributed by atoms with van der Waals surface area (Å²) in [6.07, 6.45) is 5.17. The molecule has 0 aromatic carbocycles. The standard InChI is InChI=1S/C15H17N3O2S/c16-12-3-7-18(8-4-12)20-15(19)14-13(5-9-21-14)11-2-1-6-17-10-11/h1-2,5-6,9-10,12H,3-4,7-8,16H2. The highest BCUT2D eigenvalue weighted by molar-refractivity contribution is 7.12. The third-order valence-corrected chi connectivity index (χ3v) is 4.43. The van der Waals surface area contributed by atoms with Crippen molar-refractivity contribution in [2.24, 2.45) is 5.73 Å². The van der Waals surface area contributed by atoms with E-state index in [9.17, 15) is 4.79 Å². The van der Waals surface area contributed by atoms with Gasteiger partial charge in [-0.15, -0.1) is 16.4 Å². The molecule has 21 heavy (non-hydrogen) atoms. The number of hydroxylamine groups is 2. The van der Waals surface area contributed by atoms with Crippen molar-refractivity contribution in [1.82, 2.24) is 10.0 Å². The SMILES string of the molecule is NC1CCN(OC(=O)c2sccc2-c2cccnc2)CC1. The number of aromatic nitrogens is 1. The molecule has 1 saturated heterocycles. The lowest BCUT2D eigenvalue weighted by Crippen LogP contribution is -2.40. The van der Waals surface area contributed by atoms with Crippen molar-refractivity contribution in [1.29, 1.82) is 0 Å². The predicted octanol–water partition coefficient (Wildman–Crippen LogP) is 2.30. The van der Waals surface area contributed by atoms with Crippen LogP contribution in [0.5, 0.6) is 0 Å². The Kier molecular flexibility index (Phi) is 4.28. The number of nitrogens with two attached hydrogens (primary N) is 1. The first-order chi connectivity index (χ1) is 10.2. The molecule has 5 nitrogen and oxygen atoms in total. The molecule has 0 bridgehead atoms. The van der Waals surface area contributed by atoms with Gasteiger partial charge in [0, 0.05) is 42.7 Å². The van der Waals surface area contributed by atoms with E-state index in [1.165, 1.54) is 11.3 Å². The number of pyridine rings is 1. The summed E-state index contributed by atoms with van der Waals surface area (Å²) in [6.45, 7) is 1.39. The van der Waals surface area contributed by atoms with Crippen molar-refractivity contribution in [3.63, 3.8) is 0 Å². The lowest BCUT2D eigenvalue weighted by Gasteiger charge is -2.28. The molecular weight excluding hydrogens is 286 g/mol. The molecule has 0 saturated carbocycles. The van der Waals surface area contributed by atoms with Gasteiger partial charge in [-0.1, -0.05) is 6.07 Å². The largest absolute Gasteiger partial charge is 0.367 e. The average Bonchev–Trinajstić information content (AvgIpc) is 3.00. The molecule has 0 atom stereocenters. The molecule has 0 spiro atoms. The van der Waals surface area contributed by atoms with Crippen molar-refractivity contribution in [3.8, 4) is 11.1 Å². The zero-order valence-corrected chi connectivity index (χ0v) is 12.4. The Bertz CT molecular complexity index is 606. The molecule has 0 aliphatic carbocycles. The second kappa shape index (κ2) is 6.34. The third kappa shape index (κ3) is 3.29. The van der Waals surface area contributed by atoms with Gasteiger partial charge < -0.3 is 10.6 Å². The number of hydrogen-bond acceptors (Lipinski definition) is 6. The van der Waals surface area contributed by atoms with E-state index in [1.54, 1.807) is 17.5 Å². The van der Waals surface area contributed by atoms with Gasteiger partial charge in [-0.05, 0) is 30.4 Å². The van der Waals surface area contributed by atoms with Crippen LogP contribution in [0.3, 0.4) is 0 Å². The van der Waals surface area contributed by atoms with Gasteiger partial charge in [-0.25, -0.2) is 4.79 Å². The van der Waals surface area contributed by atoms with Crippen LogP contribution in [0, 0.1) is 0 Å². The van der Waals surface area contributed by atoms with Crippen molar-refractivity contribution in [3.05, 3.63) is 40.8 Å². The first kappa shape index (κ1) is 14.2. The molecule has 0 amide bonds. The van der Waals surface area contributed by atoms with Crippen LogP contribution in [0.4, 0.5) is 0 Å². The van der Waals surface area contributed by atoms with E-state index in [0.717, 1.165) is 24.0 Å². The summed E-state index contributed by atoms with van der Waals surface area (Å²) in [5, 5.41) is 3.60. The maximum atomic E-state index is 12.3. The highest BCUT2D eigenvalue weighted by Crippen LogP contribution is 2.28. The summed E-state index contributed by atoms with van der Waals surface area (Å²) >= 11 is 1.39. The molecule has 3 heterocycles. The molecule has 1 fully saturated rings. The van der Waals surface area contributed by atoms with E-state index in [2.05, 4.69) is 4.98 Å². The van der Waals surface area contributed by atoms with Crippen LogP contribution in [0.25, 0.3) is 11.1 Å². The van der Waals surface area contributed by atoms with Crippen molar-refractivity contribution >= 4 is 17.3 Å². The number of carbonyl (C=O) groups is 1. The van der Waals surface area contributed by atoms with Crippen LogP contribution in [-0.2, 0) is 4.84 Å². The zero-order chi connectivity index (χ0) is 14.7. The summed E-state index contributed by atoms with van der Waals surface area (Å²) in [4.78, 5) is 22.5. The summed E-state index contributed by atoms with van der Waals surface area (Å²) < 4.78 is 0. The molecule has 2 aromatic rings. The van der Waals surface area contributed by atoms with Crippen LogP contribution < -0.4 is 5.73 Å². The van der Waals surface area contributed by atoms with Crippen molar-refractivity contribution < 1.29 is 9.63 Å². The molecule has 1 aliphatic rings. The van der Waals surface area contributed by atoms with Crippen LogP contribution in [0.1, 0.15) is 22.5 Å². The Morgan fingerprint density at radius 2 is 2.19 bits per heavy atom. The molecule has 2 aromatic heterocycles. The van der Waals surface area contributed by atoms with Gasteiger partial charge >= 0.3 is 5.97 Å². The molecule has 0 unspecified atom stereocenters. The highest BCUT2D eigenvalue weighted by atomic mass is 32.1. The minimum absolute atomic E-state index is 0.215. The third-order valence-electron chi connectivity index (χ3n) is 3.53. The lowest BCUT2D eigenvalue weighted by atomic mass is 10.1. The number of rotatable bonds is 3. The maximum Gasteiger partial charge on any atom is 0.367 e. The highest BCUT2D eigenvalue weighted by Gasteiger charge is 2.23. The van der Waals surface area contributed by atoms with E-state index in [4.69, 9.17) is 10.6 Å². The number of piperidine rings is 1. The fraction of sp³-hybridized carbons (Fsp3) is 0.333. The van der Waals surface area contributed by atoms with Gasteiger partial charge in [-0.3, -0.25) is 4.98 Å². The predicted molar refractivity (Wildman–Crippen MR) is 81.7 cm³/mol. The van der Waals surface area contributed by atoms with Crippen LogP contribution >= 0.6 is 11.3 Å². The zero-order valence-electron chi connectivity index (χ0n) is 11.6. The Morgan fingerprint density at radius 3 is 2.90 bits per heavy atom. The Labute approximate surface area is 127 Å². The molecule has 0 radical (unpaired) electrons. The Morgan fingerprint density at radius 1 is 1.38 bits per heavy atom. The maximum absolute atomic E-state index is 12.3. The smallest absolute Gasteiger partial charge is 0.363 e. The fourth-order valence-electron chi connectivity index (χ4n) is 2.34. The monoisotopic (exact) mass is 303 g/mol. The molecule has 3 rings (SSSR count). The Hall–Kier alpha value is -1.76. The molecule has 6 heteroatoms. The van der Waals surface area contributed by atoms with Crippen molar-refractivity contribution in [2.75, 3.05) is 13.1 Å². The number of thiophene rings is 1. The summed E-state index contributed by atoms with van der Waals surface area (Å²) in [5.41, 5.74) is 7.64. The molecule has 1 aliphatic heterocycles.